The summed E-state index contributed by atoms with van der Waals surface area (Å²) in [6.45, 7) is 9.85. The van der Waals surface area contributed by atoms with Gasteiger partial charge in [-0.2, -0.15) is 0 Å². The molecular weight excluding hydrogens is 402 g/mol. The van der Waals surface area contributed by atoms with Gasteiger partial charge in [0.25, 0.3) is 5.91 Å². The number of pyridine rings is 1. The van der Waals surface area contributed by atoms with Gasteiger partial charge in [-0.25, -0.2) is 4.98 Å². The number of aromatic nitrogens is 1. The van der Waals surface area contributed by atoms with Crippen LogP contribution in [0.3, 0.4) is 0 Å². The standard InChI is InChI=1S/C26H29N3O3/c1-17-9-10-18(2)22(13-17)32-23-12-11-19(15-27-23)16-28-24(30)20-7-6-8-21(14-20)29-25(31)26(3,4)5/h6-15H,16H2,1-5H3,(H,28,30)(H,29,31). The number of nitrogens with one attached hydrogen (secondary N) is 2. The molecule has 0 fully saturated rings. The van der Waals surface area contributed by atoms with E-state index in [4.69, 9.17) is 4.74 Å². The summed E-state index contributed by atoms with van der Waals surface area (Å²) in [5.41, 5.74) is 3.55. The van der Waals surface area contributed by atoms with Gasteiger partial charge in [-0.15, -0.1) is 0 Å². The van der Waals surface area contributed by atoms with E-state index in [1.807, 2.05) is 58.9 Å². The second-order valence-corrected chi connectivity index (χ2v) is 8.84. The average Bonchev–Trinajstić information content (AvgIpc) is 2.75. The minimum Gasteiger partial charge on any atom is -0.439 e. The Balaban J connectivity index is 1.58. The van der Waals surface area contributed by atoms with Gasteiger partial charge in [0.15, 0.2) is 0 Å². The number of ether oxygens (including phenoxy) is 1. The van der Waals surface area contributed by atoms with Gasteiger partial charge in [0, 0.05) is 35.5 Å². The molecule has 166 valence electrons. The summed E-state index contributed by atoms with van der Waals surface area (Å²) in [7, 11) is 0. The number of anilines is 1. The Hall–Kier alpha value is -3.67. The lowest BCUT2D eigenvalue weighted by Crippen LogP contribution is -2.28. The van der Waals surface area contributed by atoms with Crippen molar-refractivity contribution in [1.29, 1.82) is 0 Å². The molecule has 2 amide bonds. The topological polar surface area (TPSA) is 80.3 Å². The molecule has 0 bridgehead atoms. The lowest BCUT2D eigenvalue weighted by molar-refractivity contribution is -0.123. The summed E-state index contributed by atoms with van der Waals surface area (Å²) in [5.74, 6) is 0.935. The van der Waals surface area contributed by atoms with E-state index in [2.05, 4.69) is 15.6 Å². The number of hydrogen-bond acceptors (Lipinski definition) is 4. The van der Waals surface area contributed by atoms with Crippen molar-refractivity contribution in [3.8, 4) is 11.6 Å². The highest BCUT2D eigenvalue weighted by Crippen LogP contribution is 2.24. The second-order valence-electron chi connectivity index (χ2n) is 8.84. The van der Waals surface area contributed by atoms with Crippen molar-refractivity contribution in [2.45, 2.75) is 41.2 Å². The average molecular weight is 432 g/mol. The van der Waals surface area contributed by atoms with Crippen LogP contribution in [0, 0.1) is 19.3 Å². The van der Waals surface area contributed by atoms with Crippen molar-refractivity contribution in [3.05, 3.63) is 83.0 Å². The van der Waals surface area contributed by atoms with Crippen LogP contribution in [0.5, 0.6) is 11.6 Å². The van der Waals surface area contributed by atoms with Gasteiger partial charge in [0.1, 0.15) is 5.75 Å². The molecule has 0 spiro atoms. The number of hydrogen-bond donors (Lipinski definition) is 2. The highest BCUT2D eigenvalue weighted by atomic mass is 16.5. The highest BCUT2D eigenvalue weighted by Gasteiger charge is 2.21. The molecule has 2 N–H and O–H groups in total. The molecule has 3 rings (SSSR count). The number of benzene rings is 2. The van der Waals surface area contributed by atoms with E-state index >= 15 is 0 Å². The molecule has 0 aliphatic rings. The van der Waals surface area contributed by atoms with Gasteiger partial charge in [-0.3, -0.25) is 9.59 Å². The predicted molar refractivity (Wildman–Crippen MR) is 126 cm³/mol. The summed E-state index contributed by atoms with van der Waals surface area (Å²) >= 11 is 0. The van der Waals surface area contributed by atoms with Crippen molar-refractivity contribution in [3.63, 3.8) is 0 Å². The van der Waals surface area contributed by atoms with Crippen LogP contribution in [0.4, 0.5) is 5.69 Å². The molecule has 32 heavy (non-hydrogen) atoms. The molecule has 0 radical (unpaired) electrons. The van der Waals surface area contributed by atoms with Gasteiger partial charge in [0.2, 0.25) is 11.8 Å². The zero-order chi connectivity index (χ0) is 23.3. The summed E-state index contributed by atoms with van der Waals surface area (Å²) in [6.07, 6.45) is 1.68. The fourth-order valence-corrected chi connectivity index (χ4v) is 2.85. The fraction of sp³-hybridized carbons (Fsp3) is 0.269. The van der Waals surface area contributed by atoms with Crippen LogP contribution in [-0.4, -0.2) is 16.8 Å². The monoisotopic (exact) mass is 431 g/mol. The first kappa shape index (κ1) is 23.0. The number of aryl methyl sites for hydroxylation is 2. The van der Waals surface area contributed by atoms with Gasteiger partial charge >= 0.3 is 0 Å². The predicted octanol–water partition coefficient (Wildman–Crippen LogP) is 5.41. The number of carbonyl (C=O) groups excluding carboxylic acids is 2. The quantitative estimate of drug-likeness (QED) is 0.547. The Morgan fingerprint density at radius 3 is 2.47 bits per heavy atom. The minimum atomic E-state index is -0.515. The van der Waals surface area contributed by atoms with Gasteiger partial charge in [-0.05, 0) is 54.8 Å². The summed E-state index contributed by atoms with van der Waals surface area (Å²) in [4.78, 5) is 29.1. The van der Waals surface area contributed by atoms with Crippen molar-refractivity contribution < 1.29 is 14.3 Å². The first-order valence-corrected chi connectivity index (χ1v) is 10.5. The third kappa shape index (κ3) is 6.17. The summed E-state index contributed by atoms with van der Waals surface area (Å²) in [5, 5.41) is 5.72. The molecule has 1 aromatic heterocycles. The molecule has 0 saturated carbocycles. The number of amides is 2. The molecule has 3 aromatic rings. The highest BCUT2D eigenvalue weighted by molar-refractivity contribution is 5.98. The maximum absolute atomic E-state index is 12.6. The Kier molecular flexibility index (Phi) is 6.93. The molecule has 2 aromatic carbocycles. The van der Waals surface area contributed by atoms with Crippen LogP contribution in [0.25, 0.3) is 0 Å². The zero-order valence-corrected chi connectivity index (χ0v) is 19.2. The molecule has 6 nitrogen and oxygen atoms in total. The van der Waals surface area contributed by atoms with Crippen molar-refractivity contribution in [2.24, 2.45) is 5.41 Å². The van der Waals surface area contributed by atoms with E-state index in [1.54, 1.807) is 36.5 Å². The van der Waals surface area contributed by atoms with Crippen LogP contribution in [0.15, 0.2) is 60.8 Å². The summed E-state index contributed by atoms with van der Waals surface area (Å²) < 4.78 is 5.88. The van der Waals surface area contributed by atoms with E-state index in [9.17, 15) is 9.59 Å². The number of nitrogens with zero attached hydrogens (tertiary/aromatic N) is 1. The molecule has 0 aliphatic heterocycles. The van der Waals surface area contributed by atoms with Gasteiger partial charge in [-0.1, -0.05) is 45.0 Å². The first-order valence-electron chi connectivity index (χ1n) is 10.5. The van der Waals surface area contributed by atoms with E-state index in [-0.39, 0.29) is 11.8 Å². The first-order chi connectivity index (χ1) is 15.1. The van der Waals surface area contributed by atoms with E-state index in [0.29, 0.717) is 23.7 Å². The van der Waals surface area contributed by atoms with Gasteiger partial charge in [0.05, 0.1) is 0 Å². The Morgan fingerprint density at radius 1 is 1.00 bits per heavy atom. The zero-order valence-electron chi connectivity index (χ0n) is 19.2. The smallest absolute Gasteiger partial charge is 0.251 e. The third-order valence-electron chi connectivity index (χ3n) is 4.87. The third-order valence-corrected chi connectivity index (χ3v) is 4.87. The van der Waals surface area contributed by atoms with Crippen molar-refractivity contribution in [1.82, 2.24) is 10.3 Å². The molecule has 0 unspecified atom stereocenters. The van der Waals surface area contributed by atoms with Crippen LogP contribution < -0.4 is 15.4 Å². The van der Waals surface area contributed by atoms with Crippen LogP contribution in [0.1, 0.15) is 47.8 Å². The molecule has 0 saturated heterocycles. The van der Waals surface area contributed by atoms with E-state index in [1.165, 1.54) is 0 Å². The summed E-state index contributed by atoms with van der Waals surface area (Å²) in [6, 6.07) is 16.6. The Morgan fingerprint density at radius 2 is 1.78 bits per heavy atom. The fourth-order valence-electron chi connectivity index (χ4n) is 2.85. The maximum Gasteiger partial charge on any atom is 0.251 e. The maximum atomic E-state index is 12.6. The van der Waals surface area contributed by atoms with Crippen LogP contribution in [-0.2, 0) is 11.3 Å². The van der Waals surface area contributed by atoms with Crippen molar-refractivity contribution in [2.75, 3.05) is 5.32 Å². The molecule has 1 heterocycles. The van der Waals surface area contributed by atoms with Crippen LogP contribution >= 0.6 is 0 Å². The SMILES string of the molecule is Cc1ccc(C)c(Oc2ccc(CNC(=O)c3cccc(NC(=O)C(C)(C)C)c3)cn2)c1. The molecular formula is C26H29N3O3. The molecule has 0 aliphatic carbocycles. The lowest BCUT2D eigenvalue weighted by atomic mass is 9.95. The molecule has 0 atom stereocenters. The normalized spacial score (nSPS) is 11.0. The lowest BCUT2D eigenvalue weighted by Gasteiger charge is -2.18. The van der Waals surface area contributed by atoms with E-state index < -0.39 is 5.41 Å². The minimum absolute atomic E-state index is 0.107. The van der Waals surface area contributed by atoms with Gasteiger partial charge < -0.3 is 15.4 Å². The van der Waals surface area contributed by atoms with Crippen molar-refractivity contribution >= 4 is 17.5 Å². The molecule has 6 heteroatoms. The largest absolute Gasteiger partial charge is 0.439 e. The number of carbonyl (C=O) groups is 2. The van der Waals surface area contributed by atoms with Crippen LogP contribution in [0.2, 0.25) is 0 Å². The van der Waals surface area contributed by atoms with E-state index in [0.717, 1.165) is 22.4 Å². The second kappa shape index (κ2) is 9.64. The Labute approximate surface area is 189 Å². The number of rotatable bonds is 6. The Bertz CT molecular complexity index is 1120.